The van der Waals surface area contributed by atoms with E-state index in [2.05, 4.69) is 59.9 Å². The number of non-ortho nitro benzene ring substituents is 1. The Morgan fingerprint density at radius 2 is 1.69 bits per heavy atom. The minimum atomic E-state index is -2.17. The minimum Gasteiger partial charge on any atom is -0.545 e. The molecule has 0 saturated carbocycles. The van der Waals surface area contributed by atoms with Gasteiger partial charge in [-0.1, -0.05) is 53.7 Å². The van der Waals surface area contributed by atoms with Crippen LogP contribution in [0.25, 0.3) is 0 Å². The van der Waals surface area contributed by atoms with Gasteiger partial charge in [0.05, 0.1) is 22.0 Å². The number of rotatable bonds is 8. The van der Waals surface area contributed by atoms with Gasteiger partial charge in [-0.05, 0) is 54.4 Å². The monoisotopic (exact) mass is 458 g/mol. The third-order valence-electron chi connectivity index (χ3n) is 7.98. The SMILES string of the molecule is CC(C)[Si](OC1=CCC[C@@H]2NC(=O)[C@@H](Cc3ccc([N+](=O)[O-])cc3)[C@]12C)(C(C)C)C(C)C. The smallest absolute Gasteiger partial charge is 0.269 e. The van der Waals surface area contributed by atoms with Crippen molar-refractivity contribution < 1.29 is 14.1 Å². The summed E-state index contributed by atoms with van der Waals surface area (Å²) in [6.45, 7) is 15.9. The second-order valence-corrected chi connectivity index (χ2v) is 16.0. The van der Waals surface area contributed by atoms with Crippen molar-refractivity contribution in [3.8, 4) is 0 Å². The number of hydrogen-bond donors (Lipinski definition) is 1. The van der Waals surface area contributed by atoms with Crippen LogP contribution < -0.4 is 5.32 Å². The molecule has 0 radical (unpaired) electrons. The number of benzene rings is 1. The van der Waals surface area contributed by atoms with E-state index in [0.717, 1.165) is 24.2 Å². The lowest BCUT2D eigenvalue weighted by Crippen LogP contribution is -2.51. The molecule has 1 fully saturated rings. The number of carbonyl (C=O) groups excluding carboxylic acids is 1. The fourth-order valence-corrected chi connectivity index (χ4v) is 11.6. The van der Waals surface area contributed by atoms with Crippen LogP contribution in [-0.2, 0) is 15.6 Å². The summed E-state index contributed by atoms with van der Waals surface area (Å²) in [5.41, 5.74) is 1.93. The van der Waals surface area contributed by atoms with Gasteiger partial charge in [0, 0.05) is 18.2 Å². The van der Waals surface area contributed by atoms with E-state index in [1.165, 1.54) is 12.1 Å². The first-order valence-electron chi connectivity index (χ1n) is 11.9. The molecule has 0 unspecified atom stereocenters. The Bertz CT molecular complexity index is 872. The molecule has 3 atom stereocenters. The normalized spacial score (nSPS) is 25.7. The Balaban J connectivity index is 1.97. The van der Waals surface area contributed by atoms with Gasteiger partial charge in [-0.15, -0.1) is 0 Å². The highest BCUT2D eigenvalue weighted by Crippen LogP contribution is 2.53. The molecular weight excluding hydrogens is 420 g/mol. The topological polar surface area (TPSA) is 81.5 Å². The van der Waals surface area contributed by atoms with Gasteiger partial charge >= 0.3 is 0 Å². The summed E-state index contributed by atoms with van der Waals surface area (Å²) < 4.78 is 7.17. The van der Waals surface area contributed by atoms with Crippen molar-refractivity contribution in [2.24, 2.45) is 11.3 Å². The van der Waals surface area contributed by atoms with Crippen molar-refractivity contribution >= 4 is 19.9 Å². The summed E-state index contributed by atoms with van der Waals surface area (Å²) >= 11 is 0. The number of carbonyl (C=O) groups is 1. The molecule has 0 spiro atoms. The standard InChI is InChI=1S/C25H38N2O4Si/c1-16(2)32(17(3)4,18(5)6)31-23-10-8-9-22-25(23,7)21(24(28)26-22)15-19-11-13-20(14-12-19)27(29)30/h10-14,16-18,21-22H,8-9,15H2,1-7H3,(H,26,28)/t21-,22+,25+/m1/s1. The molecule has 1 saturated heterocycles. The van der Waals surface area contributed by atoms with Crippen LogP contribution >= 0.6 is 0 Å². The van der Waals surface area contributed by atoms with Crippen molar-refractivity contribution in [3.63, 3.8) is 0 Å². The number of nitro benzene ring substituents is 1. The molecular formula is C25H38N2O4Si. The summed E-state index contributed by atoms with van der Waals surface area (Å²) in [4.78, 5) is 23.8. The maximum Gasteiger partial charge on any atom is 0.269 e. The first kappa shape index (κ1) is 24.5. The van der Waals surface area contributed by atoms with Crippen molar-refractivity contribution in [2.45, 2.75) is 90.4 Å². The number of nitrogens with zero attached hydrogens (tertiary/aromatic N) is 1. The molecule has 1 aliphatic heterocycles. The van der Waals surface area contributed by atoms with Crippen molar-refractivity contribution in [1.82, 2.24) is 5.32 Å². The zero-order valence-corrected chi connectivity index (χ0v) is 21.5. The van der Waals surface area contributed by atoms with E-state index in [0.29, 0.717) is 23.0 Å². The van der Waals surface area contributed by atoms with E-state index in [1.807, 2.05) is 0 Å². The van der Waals surface area contributed by atoms with Crippen LogP contribution in [0.1, 0.15) is 66.9 Å². The Labute approximate surface area is 193 Å². The highest BCUT2D eigenvalue weighted by Gasteiger charge is 2.58. The summed E-state index contributed by atoms with van der Waals surface area (Å²) in [7, 11) is -2.17. The number of allylic oxidation sites excluding steroid dienone is 1. The van der Waals surface area contributed by atoms with Gasteiger partial charge < -0.3 is 9.74 Å². The molecule has 1 aliphatic carbocycles. The lowest BCUT2D eigenvalue weighted by Gasteiger charge is -2.48. The average Bonchev–Trinajstić information content (AvgIpc) is 2.96. The van der Waals surface area contributed by atoms with Crippen LogP contribution in [0, 0.1) is 21.4 Å². The van der Waals surface area contributed by atoms with E-state index in [-0.39, 0.29) is 23.6 Å². The first-order chi connectivity index (χ1) is 14.9. The van der Waals surface area contributed by atoms with Gasteiger partial charge in [0.2, 0.25) is 5.91 Å². The van der Waals surface area contributed by atoms with Crippen LogP contribution in [0.15, 0.2) is 36.1 Å². The van der Waals surface area contributed by atoms with Crippen LogP contribution in [0.3, 0.4) is 0 Å². The predicted octanol–water partition coefficient (Wildman–Crippen LogP) is 6.13. The fourth-order valence-electron chi connectivity index (χ4n) is 6.24. The van der Waals surface area contributed by atoms with E-state index >= 15 is 0 Å². The summed E-state index contributed by atoms with van der Waals surface area (Å²) in [6, 6.07) is 6.63. The summed E-state index contributed by atoms with van der Waals surface area (Å²) in [5, 5.41) is 14.3. The molecule has 0 aromatic heterocycles. The van der Waals surface area contributed by atoms with E-state index in [4.69, 9.17) is 4.43 Å². The Hall–Kier alpha value is -2.15. The molecule has 1 amide bonds. The van der Waals surface area contributed by atoms with E-state index in [9.17, 15) is 14.9 Å². The maximum atomic E-state index is 13.1. The van der Waals surface area contributed by atoms with Gasteiger partial charge in [0.15, 0.2) is 0 Å². The van der Waals surface area contributed by atoms with Gasteiger partial charge in [-0.3, -0.25) is 14.9 Å². The third kappa shape index (κ3) is 4.00. The average molecular weight is 459 g/mol. The number of hydrogen-bond acceptors (Lipinski definition) is 4. The Morgan fingerprint density at radius 3 is 2.19 bits per heavy atom. The Kier molecular flexibility index (Phi) is 6.89. The molecule has 7 heteroatoms. The number of fused-ring (bicyclic) bond motifs is 1. The molecule has 1 N–H and O–H groups in total. The minimum absolute atomic E-state index is 0.0521. The number of nitrogens with one attached hydrogen (secondary N) is 1. The zero-order chi connectivity index (χ0) is 23.8. The van der Waals surface area contributed by atoms with Crippen LogP contribution in [-0.4, -0.2) is 25.2 Å². The van der Waals surface area contributed by atoms with Crippen molar-refractivity contribution in [3.05, 3.63) is 51.8 Å². The molecule has 0 bridgehead atoms. The number of nitro groups is 1. The summed E-state index contributed by atoms with van der Waals surface area (Å²) in [5.74, 6) is 0.777. The van der Waals surface area contributed by atoms with Crippen molar-refractivity contribution in [1.29, 1.82) is 0 Å². The maximum absolute atomic E-state index is 13.1. The van der Waals surface area contributed by atoms with E-state index < -0.39 is 18.7 Å². The van der Waals surface area contributed by atoms with Gasteiger partial charge in [-0.2, -0.15) is 0 Å². The van der Waals surface area contributed by atoms with Gasteiger partial charge in [0.1, 0.15) is 0 Å². The first-order valence-corrected chi connectivity index (χ1v) is 14.0. The molecule has 32 heavy (non-hydrogen) atoms. The van der Waals surface area contributed by atoms with E-state index in [1.54, 1.807) is 12.1 Å². The lowest BCUT2D eigenvalue weighted by molar-refractivity contribution is -0.384. The molecule has 2 aliphatic rings. The van der Waals surface area contributed by atoms with Crippen molar-refractivity contribution in [2.75, 3.05) is 0 Å². The summed E-state index contributed by atoms with van der Waals surface area (Å²) in [6.07, 6.45) is 4.58. The molecule has 1 heterocycles. The van der Waals surface area contributed by atoms with Crippen LogP contribution in [0.4, 0.5) is 5.69 Å². The fraction of sp³-hybridized carbons (Fsp3) is 0.640. The second-order valence-electron chi connectivity index (χ2n) is 10.6. The highest BCUT2D eigenvalue weighted by molar-refractivity contribution is 6.77. The molecule has 1 aromatic rings. The molecule has 6 nitrogen and oxygen atoms in total. The molecule has 1 aromatic carbocycles. The second kappa shape index (κ2) is 9.00. The van der Waals surface area contributed by atoms with Crippen LogP contribution in [0.2, 0.25) is 16.6 Å². The third-order valence-corrected chi connectivity index (χ3v) is 14.0. The predicted molar refractivity (Wildman–Crippen MR) is 130 cm³/mol. The molecule has 3 rings (SSSR count). The highest BCUT2D eigenvalue weighted by atomic mass is 28.4. The Morgan fingerprint density at radius 1 is 1.12 bits per heavy atom. The van der Waals surface area contributed by atoms with Gasteiger partial charge in [0.25, 0.3) is 14.0 Å². The quantitative estimate of drug-likeness (QED) is 0.289. The zero-order valence-electron chi connectivity index (χ0n) is 20.5. The largest absolute Gasteiger partial charge is 0.545 e. The van der Waals surface area contributed by atoms with Gasteiger partial charge in [-0.25, -0.2) is 0 Å². The number of amides is 1. The molecule has 176 valence electrons. The lowest BCUT2D eigenvalue weighted by atomic mass is 9.67. The van der Waals surface area contributed by atoms with Crippen LogP contribution in [0.5, 0.6) is 0 Å².